The van der Waals surface area contributed by atoms with Crippen molar-refractivity contribution in [3.63, 3.8) is 0 Å². The van der Waals surface area contributed by atoms with Crippen molar-refractivity contribution in [1.29, 1.82) is 0 Å². The van der Waals surface area contributed by atoms with E-state index < -0.39 is 5.60 Å². The Labute approximate surface area is 130 Å². The van der Waals surface area contributed by atoms with E-state index in [1.807, 2.05) is 24.3 Å². The van der Waals surface area contributed by atoms with Crippen molar-refractivity contribution in [2.24, 2.45) is 0 Å². The summed E-state index contributed by atoms with van der Waals surface area (Å²) in [5, 5.41) is 16.0. The fraction of sp³-hybridized carbons (Fsp3) is 0.529. The van der Waals surface area contributed by atoms with Crippen LogP contribution in [-0.4, -0.2) is 17.7 Å². The second-order valence-corrected chi connectivity index (χ2v) is 6.44. The van der Waals surface area contributed by atoms with Crippen molar-refractivity contribution in [3.05, 3.63) is 35.0 Å². The van der Waals surface area contributed by atoms with Crippen molar-refractivity contribution in [2.75, 3.05) is 6.54 Å². The SMILES string of the molecule is CCCNC1CCC(O)(c2cc3cccc(Cl)c3o2)CC1. The van der Waals surface area contributed by atoms with Crippen LogP contribution < -0.4 is 5.32 Å². The molecule has 1 fully saturated rings. The van der Waals surface area contributed by atoms with Gasteiger partial charge >= 0.3 is 0 Å². The van der Waals surface area contributed by atoms with Crippen molar-refractivity contribution in [3.8, 4) is 0 Å². The normalized spacial score (nSPS) is 26.3. The monoisotopic (exact) mass is 307 g/mol. The Morgan fingerprint density at radius 3 is 2.81 bits per heavy atom. The molecule has 3 rings (SSSR count). The topological polar surface area (TPSA) is 45.4 Å². The fourth-order valence-corrected chi connectivity index (χ4v) is 3.37. The predicted octanol–water partition coefficient (Wildman–Crippen LogP) is 4.22. The van der Waals surface area contributed by atoms with Crippen LogP contribution in [0, 0.1) is 0 Å². The average Bonchev–Trinajstić information content (AvgIpc) is 2.93. The Bertz CT molecular complexity index is 614. The van der Waals surface area contributed by atoms with E-state index in [9.17, 15) is 5.11 Å². The Hall–Kier alpha value is -1.03. The van der Waals surface area contributed by atoms with Gasteiger partial charge in [0.05, 0.1) is 5.02 Å². The van der Waals surface area contributed by atoms with Crippen LogP contribution in [0.25, 0.3) is 11.0 Å². The van der Waals surface area contributed by atoms with Crippen molar-refractivity contribution in [1.82, 2.24) is 5.32 Å². The highest BCUT2D eigenvalue weighted by atomic mass is 35.5. The molecule has 3 nitrogen and oxygen atoms in total. The number of furan rings is 1. The summed E-state index contributed by atoms with van der Waals surface area (Å²) in [7, 11) is 0. The molecule has 2 aromatic rings. The molecule has 1 heterocycles. The van der Waals surface area contributed by atoms with Gasteiger partial charge in [0.25, 0.3) is 0 Å². The summed E-state index contributed by atoms with van der Waals surface area (Å²) in [6.45, 7) is 3.22. The van der Waals surface area contributed by atoms with Crippen LogP contribution in [-0.2, 0) is 5.60 Å². The molecule has 0 amide bonds. The van der Waals surface area contributed by atoms with E-state index in [0.717, 1.165) is 44.0 Å². The third-order valence-corrected chi connectivity index (χ3v) is 4.75. The van der Waals surface area contributed by atoms with Gasteiger partial charge in [-0.3, -0.25) is 0 Å². The molecule has 1 aromatic carbocycles. The number of nitrogens with one attached hydrogen (secondary N) is 1. The summed E-state index contributed by atoms with van der Waals surface area (Å²) >= 11 is 6.15. The zero-order chi connectivity index (χ0) is 14.9. The van der Waals surface area contributed by atoms with Gasteiger partial charge in [0.1, 0.15) is 11.4 Å². The van der Waals surface area contributed by atoms with Crippen molar-refractivity contribution >= 4 is 22.6 Å². The van der Waals surface area contributed by atoms with Crippen LogP contribution >= 0.6 is 11.6 Å². The van der Waals surface area contributed by atoms with E-state index in [0.29, 0.717) is 22.4 Å². The number of hydrogen-bond acceptors (Lipinski definition) is 3. The van der Waals surface area contributed by atoms with E-state index in [1.165, 1.54) is 0 Å². The molecule has 114 valence electrons. The number of hydrogen-bond donors (Lipinski definition) is 2. The van der Waals surface area contributed by atoms with Gasteiger partial charge in [-0.25, -0.2) is 0 Å². The van der Waals surface area contributed by atoms with Gasteiger partial charge in [-0.1, -0.05) is 30.7 Å². The molecule has 0 saturated heterocycles. The minimum Gasteiger partial charge on any atom is -0.456 e. The minimum atomic E-state index is -0.854. The summed E-state index contributed by atoms with van der Waals surface area (Å²) < 4.78 is 5.86. The summed E-state index contributed by atoms with van der Waals surface area (Å²) in [4.78, 5) is 0. The lowest BCUT2D eigenvalue weighted by Gasteiger charge is -2.34. The maximum Gasteiger partial charge on any atom is 0.153 e. The van der Waals surface area contributed by atoms with E-state index >= 15 is 0 Å². The highest BCUT2D eigenvalue weighted by molar-refractivity contribution is 6.34. The molecule has 21 heavy (non-hydrogen) atoms. The average molecular weight is 308 g/mol. The van der Waals surface area contributed by atoms with E-state index in [1.54, 1.807) is 0 Å². The predicted molar refractivity (Wildman–Crippen MR) is 85.7 cm³/mol. The van der Waals surface area contributed by atoms with E-state index in [4.69, 9.17) is 16.0 Å². The van der Waals surface area contributed by atoms with Gasteiger partial charge < -0.3 is 14.8 Å². The van der Waals surface area contributed by atoms with Crippen LogP contribution in [0.15, 0.2) is 28.7 Å². The highest BCUT2D eigenvalue weighted by Crippen LogP contribution is 2.40. The number of para-hydroxylation sites is 1. The smallest absolute Gasteiger partial charge is 0.153 e. The molecular formula is C17H22ClNO2. The van der Waals surface area contributed by atoms with Crippen LogP contribution in [0.4, 0.5) is 0 Å². The molecule has 2 N–H and O–H groups in total. The highest BCUT2D eigenvalue weighted by Gasteiger charge is 2.37. The second kappa shape index (κ2) is 5.99. The van der Waals surface area contributed by atoms with Crippen LogP contribution in [0.3, 0.4) is 0 Å². The van der Waals surface area contributed by atoms with Gasteiger partial charge in [0.2, 0.25) is 0 Å². The Balaban J connectivity index is 1.77. The Morgan fingerprint density at radius 1 is 1.38 bits per heavy atom. The largest absolute Gasteiger partial charge is 0.456 e. The first kappa shape index (κ1) is 14.9. The molecule has 4 heteroatoms. The maximum absolute atomic E-state index is 10.9. The molecule has 1 aliphatic rings. The third-order valence-electron chi connectivity index (χ3n) is 4.45. The summed E-state index contributed by atoms with van der Waals surface area (Å²) in [6, 6.07) is 8.12. The fourth-order valence-electron chi connectivity index (χ4n) is 3.15. The molecule has 0 spiro atoms. The number of aliphatic hydroxyl groups is 1. The first-order chi connectivity index (χ1) is 10.1. The summed E-state index contributed by atoms with van der Waals surface area (Å²) in [6.07, 6.45) is 4.54. The maximum atomic E-state index is 10.9. The lowest BCUT2D eigenvalue weighted by molar-refractivity contribution is -0.0254. The zero-order valence-electron chi connectivity index (χ0n) is 12.4. The molecule has 1 aliphatic carbocycles. The van der Waals surface area contributed by atoms with Gasteiger partial charge in [-0.2, -0.15) is 0 Å². The number of benzene rings is 1. The molecule has 0 unspecified atom stereocenters. The van der Waals surface area contributed by atoms with Gasteiger partial charge in [-0.15, -0.1) is 0 Å². The van der Waals surface area contributed by atoms with Crippen LogP contribution in [0.2, 0.25) is 5.02 Å². The standard InChI is InChI=1S/C17H22ClNO2/c1-2-10-19-13-6-8-17(20,9-7-13)15-11-12-4-3-5-14(18)16(12)21-15/h3-5,11,13,19-20H,2,6-10H2,1H3. The molecular weight excluding hydrogens is 286 g/mol. The molecule has 1 aromatic heterocycles. The van der Waals surface area contributed by atoms with Crippen LogP contribution in [0.5, 0.6) is 0 Å². The zero-order valence-corrected chi connectivity index (χ0v) is 13.1. The van der Waals surface area contributed by atoms with Gasteiger partial charge in [0, 0.05) is 11.4 Å². The Morgan fingerprint density at radius 2 is 2.14 bits per heavy atom. The van der Waals surface area contributed by atoms with Crippen molar-refractivity contribution < 1.29 is 9.52 Å². The van der Waals surface area contributed by atoms with Gasteiger partial charge in [0.15, 0.2) is 5.58 Å². The molecule has 0 aliphatic heterocycles. The number of halogens is 1. The second-order valence-electron chi connectivity index (χ2n) is 6.03. The number of fused-ring (bicyclic) bond motifs is 1. The van der Waals surface area contributed by atoms with E-state index in [-0.39, 0.29) is 0 Å². The lowest BCUT2D eigenvalue weighted by Crippen LogP contribution is -2.39. The van der Waals surface area contributed by atoms with Crippen LogP contribution in [0.1, 0.15) is 44.8 Å². The molecule has 0 bridgehead atoms. The molecule has 0 atom stereocenters. The minimum absolute atomic E-state index is 0.512. The number of rotatable bonds is 4. The summed E-state index contributed by atoms with van der Waals surface area (Å²) in [5.41, 5.74) is -0.180. The van der Waals surface area contributed by atoms with Gasteiger partial charge in [-0.05, 0) is 50.8 Å². The lowest BCUT2D eigenvalue weighted by atomic mass is 9.80. The summed E-state index contributed by atoms with van der Waals surface area (Å²) in [5.74, 6) is 0.652. The van der Waals surface area contributed by atoms with E-state index in [2.05, 4.69) is 12.2 Å². The van der Waals surface area contributed by atoms with Crippen molar-refractivity contribution in [2.45, 2.75) is 50.7 Å². The molecule has 0 radical (unpaired) electrons. The Kier molecular flexibility index (Phi) is 4.25. The quantitative estimate of drug-likeness (QED) is 0.889. The molecule has 1 saturated carbocycles. The first-order valence-electron chi connectivity index (χ1n) is 7.77. The first-order valence-corrected chi connectivity index (χ1v) is 8.14. The third kappa shape index (κ3) is 2.96.